The van der Waals surface area contributed by atoms with Gasteiger partial charge in [0.2, 0.25) is 0 Å². The van der Waals surface area contributed by atoms with Crippen LogP contribution in [0.2, 0.25) is 0 Å². The predicted molar refractivity (Wildman–Crippen MR) is 77.4 cm³/mol. The first-order valence-electron chi connectivity index (χ1n) is 6.74. The normalized spacial score (nSPS) is 11.8. The van der Waals surface area contributed by atoms with Crippen molar-refractivity contribution < 1.29 is 0 Å². The van der Waals surface area contributed by atoms with E-state index in [0.29, 0.717) is 0 Å². The Morgan fingerprint density at radius 3 is 2.63 bits per heavy atom. The monoisotopic (exact) mass is 258 g/mol. The standard InChI is InChI=1S/C15H22N4/c1-5-16-10-12-11-19(18-17-12)14-9-7-6-8-13(14)15(2,3)4/h6-9,11,16H,5,10H2,1-4H3. The van der Waals surface area contributed by atoms with Crippen LogP contribution in [0.5, 0.6) is 0 Å². The van der Waals surface area contributed by atoms with Crippen molar-refractivity contribution in [3.05, 3.63) is 41.7 Å². The number of nitrogens with one attached hydrogen (secondary N) is 1. The predicted octanol–water partition coefficient (Wildman–Crippen LogP) is 2.67. The molecule has 0 saturated carbocycles. The van der Waals surface area contributed by atoms with E-state index in [1.54, 1.807) is 0 Å². The Labute approximate surface area is 114 Å². The summed E-state index contributed by atoms with van der Waals surface area (Å²) < 4.78 is 1.87. The van der Waals surface area contributed by atoms with Crippen LogP contribution in [0.15, 0.2) is 30.5 Å². The molecule has 19 heavy (non-hydrogen) atoms. The fourth-order valence-corrected chi connectivity index (χ4v) is 2.06. The van der Waals surface area contributed by atoms with Gasteiger partial charge in [0, 0.05) is 6.54 Å². The highest BCUT2D eigenvalue weighted by atomic mass is 15.4. The zero-order chi connectivity index (χ0) is 13.9. The molecule has 1 aromatic carbocycles. The van der Waals surface area contributed by atoms with Crippen molar-refractivity contribution in [1.29, 1.82) is 0 Å². The second-order valence-electron chi connectivity index (χ2n) is 5.70. The van der Waals surface area contributed by atoms with E-state index in [0.717, 1.165) is 24.5 Å². The maximum absolute atomic E-state index is 4.24. The quantitative estimate of drug-likeness (QED) is 0.917. The van der Waals surface area contributed by atoms with Gasteiger partial charge in [-0.25, -0.2) is 4.68 Å². The van der Waals surface area contributed by atoms with E-state index >= 15 is 0 Å². The zero-order valence-corrected chi connectivity index (χ0v) is 12.1. The number of hydrogen-bond donors (Lipinski definition) is 1. The van der Waals surface area contributed by atoms with E-state index in [2.05, 4.69) is 61.5 Å². The highest BCUT2D eigenvalue weighted by Crippen LogP contribution is 2.27. The van der Waals surface area contributed by atoms with Gasteiger partial charge in [-0.2, -0.15) is 0 Å². The van der Waals surface area contributed by atoms with E-state index in [1.165, 1.54) is 5.56 Å². The van der Waals surface area contributed by atoms with Gasteiger partial charge in [0.25, 0.3) is 0 Å². The maximum Gasteiger partial charge on any atom is 0.0969 e. The molecule has 2 rings (SSSR count). The minimum atomic E-state index is 0.0877. The third-order valence-electron chi connectivity index (χ3n) is 3.06. The van der Waals surface area contributed by atoms with Gasteiger partial charge in [-0.05, 0) is 23.6 Å². The largest absolute Gasteiger partial charge is 0.311 e. The van der Waals surface area contributed by atoms with E-state index in [9.17, 15) is 0 Å². The van der Waals surface area contributed by atoms with Crippen LogP contribution < -0.4 is 5.32 Å². The first kappa shape index (κ1) is 13.7. The van der Waals surface area contributed by atoms with E-state index in [1.807, 2.05) is 16.9 Å². The minimum absolute atomic E-state index is 0.0877. The molecule has 0 unspecified atom stereocenters. The highest BCUT2D eigenvalue weighted by molar-refractivity contribution is 5.44. The Morgan fingerprint density at radius 1 is 1.21 bits per heavy atom. The molecule has 0 aliphatic heterocycles. The third-order valence-corrected chi connectivity index (χ3v) is 3.06. The van der Waals surface area contributed by atoms with Gasteiger partial charge in [-0.1, -0.05) is 51.1 Å². The minimum Gasteiger partial charge on any atom is -0.311 e. The number of hydrogen-bond acceptors (Lipinski definition) is 3. The van der Waals surface area contributed by atoms with Crippen LogP contribution in [-0.2, 0) is 12.0 Å². The van der Waals surface area contributed by atoms with E-state index < -0.39 is 0 Å². The molecule has 2 aromatic rings. The van der Waals surface area contributed by atoms with Crippen LogP contribution in [0.3, 0.4) is 0 Å². The molecule has 0 saturated heterocycles. The van der Waals surface area contributed by atoms with Gasteiger partial charge in [0.15, 0.2) is 0 Å². The topological polar surface area (TPSA) is 42.7 Å². The second kappa shape index (κ2) is 5.53. The molecule has 102 valence electrons. The summed E-state index contributed by atoms with van der Waals surface area (Å²) in [4.78, 5) is 0. The summed E-state index contributed by atoms with van der Waals surface area (Å²) in [7, 11) is 0. The highest BCUT2D eigenvalue weighted by Gasteiger charge is 2.18. The smallest absolute Gasteiger partial charge is 0.0969 e. The number of nitrogens with zero attached hydrogens (tertiary/aromatic N) is 3. The molecular weight excluding hydrogens is 236 g/mol. The summed E-state index contributed by atoms with van der Waals surface area (Å²) in [6, 6.07) is 8.35. The fraction of sp³-hybridized carbons (Fsp3) is 0.467. The van der Waals surface area contributed by atoms with Gasteiger partial charge in [-0.3, -0.25) is 0 Å². The lowest BCUT2D eigenvalue weighted by atomic mass is 9.86. The average molecular weight is 258 g/mol. The Morgan fingerprint density at radius 2 is 1.95 bits per heavy atom. The summed E-state index contributed by atoms with van der Waals surface area (Å²) in [6.45, 7) is 10.4. The first-order valence-corrected chi connectivity index (χ1v) is 6.74. The zero-order valence-electron chi connectivity index (χ0n) is 12.1. The lowest BCUT2D eigenvalue weighted by molar-refractivity contribution is 0.582. The van der Waals surface area contributed by atoms with Crippen molar-refractivity contribution in [2.75, 3.05) is 6.54 Å². The summed E-state index contributed by atoms with van der Waals surface area (Å²) in [5, 5.41) is 11.7. The first-order chi connectivity index (χ1) is 9.02. The van der Waals surface area contributed by atoms with Crippen molar-refractivity contribution in [3.8, 4) is 5.69 Å². The third kappa shape index (κ3) is 3.20. The van der Waals surface area contributed by atoms with Crippen LogP contribution in [0.25, 0.3) is 5.69 Å². The van der Waals surface area contributed by atoms with Crippen molar-refractivity contribution in [1.82, 2.24) is 20.3 Å². The number of aromatic nitrogens is 3. The van der Waals surface area contributed by atoms with Crippen LogP contribution in [-0.4, -0.2) is 21.5 Å². The van der Waals surface area contributed by atoms with Crippen LogP contribution in [0.4, 0.5) is 0 Å². The molecule has 0 aliphatic rings. The molecule has 0 atom stereocenters. The molecule has 4 nitrogen and oxygen atoms in total. The van der Waals surface area contributed by atoms with Gasteiger partial charge < -0.3 is 5.32 Å². The molecule has 0 amide bonds. The molecule has 1 aromatic heterocycles. The lowest BCUT2D eigenvalue weighted by Gasteiger charge is -2.22. The Hall–Kier alpha value is -1.68. The summed E-state index contributed by atoms with van der Waals surface area (Å²) in [5.41, 5.74) is 3.43. The number of para-hydroxylation sites is 1. The molecule has 1 heterocycles. The van der Waals surface area contributed by atoms with Crippen LogP contribution in [0, 0.1) is 0 Å². The number of benzene rings is 1. The molecule has 4 heteroatoms. The van der Waals surface area contributed by atoms with Crippen molar-refractivity contribution in [2.45, 2.75) is 39.7 Å². The molecule has 0 aliphatic carbocycles. The number of rotatable bonds is 4. The fourth-order valence-electron chi connectivity index (χ4n) is 2.06. The van der Waals surface area contributed by atoms with Crippen molar-refractivity contribution >= 4 is 0 Å². The molecule has 0 radical (unpaired) electrons. The second-order valence-corrected chi connectivity index (χ2v) is 5.70. The summed E-state index contributed by atoms with van der Waals surface area (Å²) in [6.07, 6.45) is 1.99. The molecular formula is C15H22N4. The summed E-state index contributed by atoms with van der Waals surface area (Å²) >= 11 is 0. The average Bonchev–Trinajstić information content (AvgIpc) is 2.84. The van der Waals surface area contributed by atoms with Gasteiger partial charge >= 0.3 is 0 Å². The van der Waals surface area contributed by atoms with Gasteiger partial charge in [-0.15, -0.1) is 5.10 Å². The maximum atomic E-state index is 4.24. The Kier molecular flexibility index (Phi) is 4.00. The molecule has 1 N–H and O–H groups in total. The lowest BCUT2D eigenvalue weighted by Crippen LogP contribution is -2.15. The molecule has 0 spiro atoms. The van der Waals surface area contributed by atoms with Crippen LogP contribution in [0.1, 0.15) is 39.0 Å². The van der Waals surface area contributed by atoms with Gasteiger partial charge in [0.05, 0.1) is 17.6 Å². The Balaban J connectivity index is 2.34. The molecule has 0 bridgehead atoms. The summed E-state index contributed by atoms with van der Waals surface area (Å²) in [5.74, 6) is 0. The van der Waals surface area contributed by atoms with E-state index in [-0.39, 0.29) is 5.41 Å². The van der Waals surface area contributed by atoms with E-state index in [4.69, 9.17) is 0 Å². The SMILES string of the molecule is CCNCc1cn(-c2ccccc2C(C)(C)C)nn1. The Bertz CT molecular complexity index is 537. The van der Waals surface area contributed by atoms with Crippen LogP contribution >= 0.6 is 0 Å². The molecule has 0 fully saturated rings. The van der Waals surface area contributed by atoms with Crippen molar-refractivity contribution in [2.24, 2.45) is 0 Å². The van der Waals surface area contributed by atoms with Gasteiger partial charge in [0.1, 0.15) is 0 Å². The van der Waals surface area contributed by atoms with Crippen molar-refractivity contribution in [3.63, 3.8) is 0 Å².